The van der Waals surface area contributed by atoms with Crippen molar-refractivity contribution in [2.75, 3.05) is 26.9 Å². The number of nitrogens with zero attached hydrogens (tertiary/aromatic N) is 1. The van der Waals surface area contributed by atoms with Crippen LogP contribution < -0.4 is 5.56 Å². The lowest BCUT2D eigenvalue weighted by atomic mass is 9.79. The van der Waals surface area contributed by atoms with Crippen molar-refractivity contribution in [3.05, 3.63) is 34.2 Å². The van der Waals surface area contributed by atoms with E-state index in [1.54, 1.807) is 13.2 Å². The van der Waals surface area contributed by atoms with Gasteiger partial charge in [-0.2, -0.15) is 0 Å². The van der Waals surface area contributed by atoms with Crippen LogP contribution in [0.5, 0.6) is 0 Å². The lowest BCUT2D eigenvalue weighted by Crippen LogP contribution is -2.53. The molecule has 3 rings (SSSR count). The minimum absolute atomic E-state index is 0.00336. The Morgan fingerprint density at radius 1 is 1.46 bits per heavy atom. The SMILES string of the molecule is CO[C@]12CC[C@@H](OCCO)C[C@H]1N(C(=O)c1ccc(=O)[nH]c1)CC2. The van der Waals surface area contributed by atoms with Gasteiger partial charge in [-0.25, -0.2) is 0 Å². The second kappa shape index (κ2) is 7.04. The first kappa shape index (κ1) is 17.1. The highest BCUT2D eigenvalue weighted by Gasteiger charge is 2.52. The van der Waals surface area contributed by atoms with Crippen LogP contribution in [0.15, 0.2) is 23.1 Å². The quantitative estimate of drug-likeness (QED) is 0.819. The maximum Gasteiger partial charge on any atom is 0.255 e. The van der Waals surface area contributed by atoms with Crippen molar-refractivity contribution in [3.63, 3.8) is 0 Å². The highest BCUT2D eigenvalue weighted by molar-refractivity contribution is 5.94. The van der Waals surface area contributed by atoms with Crippen molar-refractivity contribution in [1.82, 2.24) is 9.88 Å². The molecule has 3 atom stereocenters. The molecule has 0 radical (unpaired) electrons. The first-order valence-corrected chi connectivity index (χ1v) is 8.37. The summed E-state index contributed by atoms with van der Waals surface area (Å²) >= 11 is 0. The van der Waals surface area contributed by atoms with E-state index in [-0.39, 0.29) is 35.8 Å². The summed E-state index contributed by atoms with van der Waals surface area (Å²) in [6, 6.07) is 2.86. The predicted octanol–water partition coefficient (Wildman–Crippen LogP) is 0.536. The van der Waals surface area contributed by atoms with Crippen molar-refractivity contribution < 1.29 is 19.4 Å². The fourth-order valence-corrected chi connectivity index (χ4v) is 3.99. The molecule has 0 bridgehead atoms. The number of aliphatic hydroxyl groups excluding tert-OH is 1. The van der Waals surface area contributed by atoms with Gasteiger partial charge in [0.25, 0.3) is 5.91 Å². The van der Waals surface area contributed by atoms with E-state index in [1.807, 2.05) is 4.90 Å². The number of pyridine rings is 1. The highest BCUT2D eigenvalue weighted by Crippen LogP contribution is 2.43. The number of aromatic nitrogens is 1. The number of likely N-dealkylation sites (tertiary alicyclic amines) is 1. The van der Waals surface area contributed by atoms with Crippen LogP contribution in [0.25, 0.3) is 0 Å². The van der Waals surface area contributed by atoms with E-state index in [1.165, 1.54) is 12.3 Å². The molecule has 7 nitrogen and oxygen atoms in total. The third-order valence-electron chi connectivity index (χ3n) is 5.28. The van der Waals surface area contributed by atoms with Crippen LogP contribution in [0.2, 0.25) is 0 Å². The Kier molecular flexibility index (Phi) is 5.03. The molecule has 1 aromatic heterocycles. The molecular formula is C17H24N2O5. The Balaban J connectivity index is 1.79. The van der Waals surface area contributed by atoms with Crippen LogP contribution in [-0.4, -0.2) is 65.5 Å². The van der Waals surface area contributed by atoms with Gasteiger partial charge in [-0.1, -0.05) is 0 Å². The lowest BCUT2D eigenvalue weighted by molar-refractivity contribution is -0.0992. The Labute approximate surface area is 140 Å². The number of ether oxygens (including phenoxy) is 2. The molecule has 1 saturated heterocycles. The molecule has 1 aromatic rings. The van der Waals surface area contributed by atoms with Crippen LogP contribution in [-0.2, 0) is 9.47 Å². The summed E-state index contributed by atoms with van der Waals surface area (Å²) in [5.74, 6) is -0.0991. The van der Waals surface area contributed by atoms with Gasteiger partial charge in [0.15, 0.2) is 0 Å². The van der Waals surface area contributed by atoms with E-state index in [0.29, 0.717) is 25.1 Å². The van der Waals surface area contributed by atoms with Gasteiger partial charge in [0, 0.05) is 25.9 Å². The van der Waals surface area contributed by atoms with Gasteiger partial charge in [-0.15, -0.1) is 0 Å². The van der Waals surface area contributed by atoms with Crippen molar-refractivity contribution in [3.8, 4) is 0 Å². The number of nitrogens with one attached hydrogen (secondary N) is 1. The largest absolute Gasteiger partial charge is 0.394 e. The minimum Gasteiger partial charge on any atom is -0.394 e. The molecule has 24 heavy (non-hydrogen) atoms. The van der Waals surface area contributed by atoms with Gasteiger partial charge in [0.2, 0.25) is 5.56 Å². The Morgan fingerprint density at radius 3 is 2.96 bits per heavy atom. The summed E-state index contributed by atoms with van der Waals surface area (Å²) in [6.07, 6.45) is 4.68. The average Bonchev–Trinajstić information content (AvgIpc) is 2.99. The summed E-state index contributed by atoms with van der Waals surface area (Å²) in [5.41, 5.74) is -0.0778. The molecule has 1 amide bonds. The number of H-pyrrole nitrogens is 1. The summed E-state index contributed by atoms with van der Waals surface area (Å²) in [4.78, 5) is 28.4. The Bertz CT molecular complexity index is 626. The molecule has 2 fully saturated rings. The first-order chi connectivity index (χ1) is 11.6. The number of rotatable bonds is 5. The standard InChI is InChI=1S/C17H24N2O5/c1-23-17-5-4-13(24-9-8-20)10-14(17)19(7-6-17)16(22)12-2-3-15(21)18-11-12/h2-3,11,13-14,20H,4-10H2,1H3,(H,18,21)/t13-,14-,17+/m1/s1. The monoisotopic (exact) mass is 336 g/mol. The molecule has 7 heteroatoms. The molecular weight excluding hydrogens is 312 g/mol. The van der Waals surface area contributed by atoms with E-state index in [2.05, 4.69) is 4.98 Å². The topological polar surface area (TPSA) is 91.9 Å². The van der Waals surface area contributed by atoms with Gasteiger partial charge >= 0.3 is 0 Å². The smallest absolute Gasteiger partial charge is 0.255 e. The van der Waals surface area contributed by atoms with E-state index in [9.17, 15) is 9.59 Å². The zero-order valence-corrected chi connectivity index (χ0v) is 13.9. The van der Waals surface area contributed by atoms with Crippen molar-refractivity contribution in [1.29, 1.82) is 0 Å². The third-order valence-corrected chi connectivity index (χ3v) is 5.28. The Hall–Kier alpha value is -1.70. The summed E-state index contributed by atoms with van der Waals surface area (Å²) in [7, 11) is 1.70. The van der Waals surface area contributed by atoms with Crippen LogP contribution >= 0.6 is 0 Å². The zero-order chi connectivity index (χ0) is 17.2. The van der Waals surface area contributed by atoms with E-state index >= 15 is 0 Å². The molecule has 0 aromatic carbocycles. The number of methoxy groups -OCH3 is 1. The molecule has 1 aliphatic carbocycles. The highest BCUT2D eigenvalue weighted by atomic mass is 16.5. The van der Waals surface area contributed by atoms with E-state index in [0.717, 1.165) is 19.3 Å². The van der Waals surface area contributed by atoms with Crippen LogP contribution in [0.3, 0.4) is 0 Å². The summed E-state index contributed by atoms with van der Waals surface area (Å²) in [5, 5.41) is 8.95. The molecule has 1 saturated carbocycles. The molecule has 2 heterocycles. The number of fused-ring (bicyclic) bond motifs is 1. The average molecular weight is 336 g/mol. The van der Waals surface area contributed by atoms with Gasteiger partial charge < -0.3 is 24.5 Å². The number of amides is 1. The predicted molar refractivity (Wildman–Crippen MR) is 86.9 cm³/mol. The van der Waals surface area contributed by atoms with Crippen molar-refractivity contribution in [2.45, 2.75) is 43.4 Å². The third kappa shape index (κ3) is 3.11. The summed E-state index contributed by atoms with van der Waals surface area (Å²) < 4.78 is 11.5. The molecule has 132 valence electrons. The summed E-state index contributed by atoms with van der Waals surface area (Å²) in [6.45, 7) is 0.936. The second-order valence-corrected chi connectivity index (χ2v) is 6.47. The molecule has 0 unspecified atom stereocenters. The van der Waals surface area contributed by atoms with Crippen LogP contribution in [0.1, 0.15) is 36.0 Å². The minimum atomic E-state index is -0.322. The molecule has 2 N–H and O–H groups in total. The van der Waals surface area contributed by atoms with Crippen molar-refractivity contribution in [2.24, 2.45) is 0 Å². The number of carbonyl (C=O) groups is 1. The number of carbonyl (C=O) groups excluding carboxylic acids is 1. The van der Waals surface area contributed by atoms with Gasteiger partial charge in [0.05, 0.1) is 36.5 Å². The van der Waals surface area contributed by atoms with Gasteiger partial charge in [-0.3, -0.25) is 9.59 Å². The lowest BCUT2D eigenvalue weighted by Gasteiger charge is -2.43. The van der Waals surface area contributed by atoms with Gasteiger partial charge in [-0.05, 0) is 31.7 Å². The van der Waals surface area contributed by atoms with E-state index in [4.69, 9.17) is 14.6 Å². The number of hydrogen-bond acceptors (Lipinski definition) is 5. The normalized spacial score (nSPS) is 29.5. The number of hydrogen-bond donors (Lipinski definition) is 2. The van der Waals surface area contributed by atoms with Crippen LogP contribution in [0.4, 0.5) is 0 Å². The van der Waals surface area contributed by atoms with Gasteiger partial charge in [0.1, 0.15) is 0 Å². The molecule has 1 aliphatic heterocycles. The number of aliphatic hydroxyl groups is 1. The Morgan fingerprint density at radius 2 is 2.29 bits per heavy atom. The first-order valence-electron chi connectivity index (χ1n) is 8.37. The molecule has 0 spiro atoms. The maximum atomic E-state index is 12.9. The molecule has 2 aliphatic rings. The van der Waals surface area contributed by atoms with E-state index < -0.39 is 0 Å². The fourth-order valence-electron chi connectivity index (χ4n) is 3.99. The fraction of sp³-hybridized carbons (Fsp3) is 0.647. The van der Waals surface area contributed by atoms with Crippen molar-refractivity contribution >= 4 is 5.91 Å². The maximum absolute atomic E-state index is 12.9. The number of aromatic amines is 1. The zero-order valence-electron chi connectivity index (χ0n) is 13.9. The van der Waals surface area contributed by atoms with Crippen LogP contribution in [0, 0.1) is 0 Å². The second-order valence-electron chi connectivity index (χ2n) is 6.47.